The van der Waals surface area contributed by atoms with Gasteiger partial charge in [0.2, 0.25) is 0 Å². The van der Waals surface area contributed by atoms with E-state index in [9.17, 15) is 9.60 Å². The van der Waals surface area contributed by atoms with Gasteiger partial charge in [-0.3, -0.25) is 0 Å². The van der Waals surface area contributed by atoms with Crippen LogP contribution in [0.15, 0.2) is 151 Å². The number of hydrogen-bond acceptors (Lipinski definition) is 2. The lowest BCUT2D eigenvalue weighted by atomic mass is 9.35. The maximum absolute atomic E-state index is 9.91. The number of aromatic nitrogens is 2. The largest absolute Gasteiger partial charge is 0.458 e. The SMILES string of the molecule is [2H]c1c([2H])c([2H])c(-n2c3c([2H])c([2H])c([2H])c([2H])c3c3c4c5c([2H])c([2H])c([2H])c([2H])c5n(-c5c([2H])c6c7c(c5[2H])Oc5c([2H])c([2H])c([2H])c([2H])c5B7c5c([2H])c([2H])c([2H])c([2H])c5O6)c4c([2H])c([2H])c32)c([2H])c1[2H]. The summed E-state index contributed by atoms with van der Waals surface area (Å²) in [5, 5.41) is -1.88. The quantitative estimate of drug-likeness (QED) is 0.180. The summed E-state index contributed by atoms with van der Waals surface area (Å²) >= 11 is 0. The summed E-state index contributed by atoms with van der Waals surface area (Å²) in [4.78, 5) is 0. The average molecular weight is 626 g/mol. The zero-order valence-corrected chi connectivity index (χ0v) is 23.3. The van der Waals surface area contributed by atoms with E-state index in [1.807, 2.05) is 0 Å². The van der Waals surface area contributed by atoms with E-state index in [1.54, 1.807) is 0 Å². The van der Waals surface area contributed by atoms with E-state index in [0.29, 0.717) is 0 Å². The highest BCUT2D eigenvalue weighted by molar-refractivity contribution is 6.98. The third kappa shape index (κ3) is 3.32. The van der Waals surface area contributed by atoms with Crippen LogP contribution in [0.5, 0.6) is 23.0 Å². The van der Waals surface area contributed by atoms with Crippen molar-refractivity contribution in [1.82, 2.24) is 9.13 Å². The lowest BCUT2D eigenvalue weighted by Gasteiger charge is -2.33. The molecule has 5 heteroatoms. The van der Waals surface area contributed by atoms with Gasteiger partial charge in [0.05, 0.1) is 62.0 Å². The minimum Gasteiger partial charge on any atom is -0.458 e. The molecule has 47 heavy (non-hydrogen) atoms. The van der Waals surface area contributed by atoms with Gasteiger partial charge in [0.25, 0.3) is 6.71 Å². The fourth-order valence-electron chi connectivity index (χ4n) is 6.48. The Bertz CT molecular complexity index is 4060. The molecule has 0 spiro atoms. The maximum atomic E-state index is 9.91. The Kier molecular flexibility index (Phi) is 2.20. The second-order valence-corrected chi connectivity index (χ2v) is 10.6. The van der Waals surface area contributed by atoms with Crippen LogP contribution >= 0.6 is 0 Å². The van der Waals surface area contributed by atoms with Crippen LogP contribution in [0, 0.1) is 0 Å². The normalized spacial score (nSPS) is 20.4. The van der Waals surface area contributed by atoms with Gasteiger partial charge in [0.1, 0.15) is 23.0 Å². The van der Waals surface area contributed by atoms with E-state index in [1.165, 1.54) is 0 Å². The molecule has 0 aliphatic carbocycles. The van der Waals surface area contributed by atoms with Crippen molar-refractivity contribution in [2.75, 3.05) is 0 Å². The minimum absolute atomic E-state index is 0.307. The van der Waals surface area contributed by atoms with Crippen LogP contribution in [-0.4, -0.2) is 15.8 Å². The Morgan fingerprint density at radius 2 is 0.894 bits per heavy atom. The highest BCUT2D eigenvalue weighted by Crippen LogP contribution is 2.44. The van der Waals surface area contributed by atoms with Crippen LogP contribution < -0.4 is 25.9 Å². The molecular formula is C42H25BN2O2. The zero-order chi connectivity index (χ0) is 52.4. The van der Waals surface area contributed by atoms with Gasteiger partial charge in [-0.1, -0.05) is 90.6 Å². The van der Waals surface area contributed by atoms with E-state index in [0.717, 1.165) is 9.13 Å². The van der Waals surface area contributed by atoms with Crippen molar-refractivity contribution in [2.45, 2.75) is 0 Å². The molecular weight excluding hydrogens is 575 g/mol. The first-order valence-electron chi connectivity index (χ1n) is 26.5. The third-order valence-corrected chi connectivity index (χ3v) is 8.27. The van der Waals surface area contributed by atoms with Crippen molar-refractivity contribution in [3.05, 3.63) is 151 Å². The molecule has 9 aromatic rings. The average Bonchev–Trinajstić information content (AvgIpc) is 3.89. The van der Waals surface area contributed by atoms with Crippen molar-refractivity contribution in [2.24, 2.45) is 0 Å². The summed E-state index contributed by atoms with van der Waals surface area (Å²) in [6.07, 6.45) is 0. The summed E-state index contributed by atoms with van der Waals surface area (Å²) in [6, 6.07) is -20.8. The molecule has 0 fully saturated rings. The number of ether oxygens (including phenoxy) is 2. The van der Waals surface area contributed by atoms with Gasteiger partial charge in [0, 0.05) is 44.8 Å². The molecule has 0 radical (unpaired) electrons. The highest BCUT2D eigenvalue weighted by Gasteiger charge is 2.40. The van der Waals surface area contributed by atoms with Crippen molar-refractivity contribution in [3.63, 3.8) is 0 Å². The van der Waals surface area contributed by atoms with E-state index in [-0.39, 0.29) is 16.4 Å². The number of benzene rings is 7. The second-order valence-electron chi connectivity index (χ2n) is 10.6. The molecule has 218 valence electrons. The van der Waals surface area contributed by atoms with Crippen molar-refractivity contribution >= 4 is 66.7 Å². The summed E-state index contributed by atoms with van der Waals surface area (Å²) in [5.41, 5.74) is -4.73. The fourth-order valence-corrected chi connectivity index (χ4v) is 6.48. The number of fused-ring (bicyclic) bond motifs is 11. The standard InChI is InChI=1S/C42H25BN2O2/c1-2-12-26(13-3-1)44-32-18-8-4-14-28(32)40-34(44)22-23-35-41(40)29-15-5-9-19-33(29)45(35)27-24-38-42-39(25-27)47-37-21-11-7-17-31(37)43(42)30-16-6-10-20-36(30)46-38/h1-25H/i1D,2D,3D,4D,5D,6D,7D,8D,9D,10D,11D,12D,13D,14D,15D,16D,17D,18D,19D,20D,21D,22D,23D,24D,25D. The third-order valence-electron chi connectivity index (χ3n) is 8.27. The Morgan fingerprint density at radius 3 is 1.47 bits per heavy atom. The predicted octanol–water partition coefficient (Wildman–Crippen LogP) is 8.61. The molecule has 7 aromatic carbocycles. The molecule has 0 N–H and O–H groups in total. The monoisotopic (exact) mass is 625 g/mol. The number of para-hydroxylation sites is 5. The lowest BCUT2D eigenvalue weighted by Crippen LogP contribution is -2.57. The van der Waals surface area contributed by atoms with Crippen LogP contribution in [0.4, 0.5) is 0 Å². The first kappa shape index (κ1) is 11.3. The van der Waals surface area contributed by atoms with Gasteiger partial charge >= 0.3 is 0 Å². The Labute approximate surface area is 305 Å². The molecule has 4 nitrogen and oxygen atoms in total. The maximum Gasteiger partial charge on any atom is 0.260 e. The molecule has 2 aromatic heterocycles. The topological polar surface area (TPSA) is 28.3 Å². The Balaban J connectivity index is 1.41. The van der Waals surface area contributed by atoms with Crippen molar-refractivity contribution in [1.29, 1.82) is 0 Å². The smallest absolute Gasteiger partial charge is 0.260 e. The van der Waals surface area contributed by atoms with Crippen LogP contribution in [0.3, 0.4) is 0 Å². The Morgan fingerprint density at radius 1 is 0.426 bits per heavy atom. The fraction of sp³-hybridized carbons (Fsp3) is 0. The van der Waals surface area contributed by atoms with Crippen LogP contribution in [0.1, 0.15) is 34.3 Å². The van der Waals surface area contributed by atoms with Crippen molar-refractivity contribution < 1.29 is 43.7 Å². The number of nitrogens with zero attached hydrogens (tertiary/aromatic N) is 2. The van der Waals surface area contributed by atoms with Crippen molar-refractivity contribution in [3.8, 4) is 34.4 Å². The van der Waals surface area contributed by atoms with Gasteiger partial charge < -0.3 is 18.6 Å². The predicted molar refractivity (Wildman–Crippen MR) is 193 cm³/mol. The molecule has 0 bridgehead atoms. The molecule has 0 amide bonds. The molecule has 11 rings (SSSR count). The Hall–Kier alpha value is -6.20. The van der Waals surface area contributed by atoms with Crippen LogP contribution in [0.2, 0.25) is 0 Å². The summed E-state index contributed by atoms with van der Waals surface area (Å²) < 4.78 is 239. The van der Waals surface area contributed by atoms with Gasteiger partial charge in [-0.2, -0.15) is 0 Å². The lowest BCUT2D eigenvalue weighted by molar-refractivity contribution is 0.464. The van der Waals surface area contributed by atoms with E-state index < -0.39 is 236 Å². The number of rotatable bonds is 2. The zero-order valence-electron chi connectivity index (χ0n) is 48.3. The van der Waals surface area contributed by atoms with Crippen LogP contribution in [0.25, 0.3) is 55.0 Å². The van der Waals surface area contributed by atoms with Gasteiger partial charge in [-0.05, 0) is 59.3 Å². The van der Waals surface area contributed by atoms with Gasteiger partial charge in [0.15, 0.2) is 0 Å². The molecule has 2 aliphatic heterocycles. The van der Waals surface area contributed by atoms with E-state index in [2.05, 4.69) is 0 Å². The van der Waals surface area contributed by atoms with Gasteiger partial charge in [-0.25, -0.2) is 0 Å². The highest BCUT2D eigenvalue weighted by atomic mass is 16.5. The van der Waals surface area contributed by atoms with Gasteiger partial charge in [-0.15, -0.1) is 0 Å². The first-order chi connectivity index (χ1) is 33.7. The first-order valence-corrected chi connectivity index (χ1v) is 14.0. The molecule has 2 aliphatic rings. The molecule has 0 saturated heterocycles. The number of hydrogen-bond donors (Lipinski definition) is 0. The summed E-state index contributed by atoms with van der Waals surface area (Å²) in [5.74, 6) is -2.40. The van der Waals surface area contributed by atoms with E-state index in [4.69, 9.17) is 34.1 Å². The van der Waals surface area contributed by atoms with Crippen LogP contribution in [-0.2, 0) is 0 Å². The summed E-state index contributed by atoms with van der Waals surface area (Å²) in [7, 11) is 0. The molecule has 0 atom stereocenters. The van der Waals surface area contributed by atoms with E-state index >= 15 is 0 Å². The second kappa shape index (κ2) is 9.18. The molecule has 4 heterocycles. The molecule has 0 saturated carbocycles. The summed E-state index contributed by atoms with van der Waals surface area (Å²) in [6.45, 7) is -1.63. The minimum atomic E-state index is -1.63. The molecule has 0 unspecified atom stereocenters.